The minimum atomic E-state index is -0.112. The molecule has 1 saturated heterocycles. The summed E-state index contributed by atoms with van der Waals surface area (Å²) in [5, 5.41) is 11.2. The maximum Gasteiger partial charge on any atom is 0.255 e. The smallest absolute Gasteiger partial charge is 0.255 e. The topological polar surface area (TPSA) is 68.2 Å². The third-order valence-corrected chi connectivity index (χ3v) is 5.29. The summed E-state index contributed by atoms with van der Waals surface area (Å²) in [5.74, 6) is 1.04. The summed E-state index contributed by atoms with van der Waals surface area (Å²) in [6.07, 6.45) is 4.08. The summed E-state index contributed by atoms with van der Waals surface area (Å²) in [7, 11) is 1.63. The normalized spacial score (nSPS) is 16.4. The van der Waals surface area contributed by atoms with Gasteiger partial charge < -0.3 is 15.4 Å². The van der Waals surface area contributed by atoms with E-state index in [4.69, 9.17) is 9.84 Å². The molecule has 0 spiro atoms. The monoisotopic (exact) mass is 390 g/mol. The highest BCUT2D eigenvalue weighted by molar-refractivity contribution is 6.00. The molecule has 6 heteroatoms. The fraction of sp³-hybridized carbons (Fsp3) is 0.304. The second-order valence-corrected chi connectivity index (χ2v) is 7.29. The molecule has 1 fully saturated rings. The number of amides is 1. The van der Waals surface area contributed by atoms with Crippen LogP contribution in [0.4, 0.5) is 0 Å². The molecule has 3 aromatic rings. The van der Waals surface area contributed by atoms with Gasteiger partial charge in [0.25, 0.3) is 5.91 Å². The first-order valence-electron chi connectivity index (χ1n) is 10.0. The molecule has 1 aromatic heterocycles. The van der Waals surface area contributed by atoms with E-state index < -0.39 is 0 Å². The quantitative estimate of drug-likeness (QED) is 0.678. The Morgan fingerprint density at radius 2 is 2.00 bits per heavy atom. The van der Waals surface area contributed by atoms with Gasteiger partial charge in [-0.3, -0.25) is 4.79 Å². The summed E-state index contributed by atoms with van der Waals surface area (Å²) in [6, 6.07) is 17.4. The number of rotatable bonds is 6. The average Bonchev–Trinajstić information content (AvgIpc) is 3.24. The van der Waals surface area contributed by atoms with Crippen molar-refractivity contribution in [3.8, 4) is 22.7 Å². The highest BCUT2D eigenvalue weighted by Crippen LogP contribution is 2.31. The number of hydrogen-bond acceptors (Lipinski definition) is 4. The summed E-state index contributed by atoms with van der Waals surface area (Å²) >= 11 is 0. The Hall–Kier alpha value is -3.12. The van der Waals surface area contributed by atoms with E-state index in [2.05, 4.69) is 10.6 Å². The largest absolute Gasteiger partial charge is 0.496 e. The molecule has 1 unspecified atom stereocenters. The fourth-order valence-electron chi connectivity index (χ4n) is 3.72. The molecule has 6 nitrogen and oxygen atoms in total. The van der Waals surface area contributed by atoms with Crippen molar-refractivity contribution in [2.24, 2.45) is 5.92 Å². The predicted octanol–water partition coefficient (Wildman–Crippen LogP) is 3.28. The van der Waals surface area contributed by atoms with E-state index in [1.807, 2.05) is 54.6 Å². The molecule has 0 aliphatic carbocycles. The lowest BCUT2D eigenvalue weighted by Gasteiger charge is -2.22. The zero-order chi connectivity index (χ0) is 20.1. The molecule has 1 aliphatic heterocycles. The van der Waals surface area contributed by atoms with Crippen LogP contribution in [0.2, 0.25) is 0 Å². The Kier molecular flexibility index (Phi) is 5.91. The van der Waals surface area contributed by atoms with E-state index in [0.29, 0.717) is 29.5 Å². The number of nitrogens with one attached hydrogen (secondary N) is 2. The van der Waals surface area contributed by atoms with E-state index in [1.54, 1.807) is 18.0 Å². The molecule has 1 amide bonds. The van der Waals surface area contributed by atoms with Crippen molar-refractivity contribution in [2.75, 3.05) is 26.7 Å². The van der Waals surface area contributed by atoms with Gasteiger partial charge in [0.15, 0.2) is 0 Å². The standard InChI is InChI=1S/C23H26N4O2/c1-29-21-12-6-5-11-19(21)22-20(16-27(26-22)18-9-3-2-4-10-18)23(28)25-15-17-8-7-13-24-14-17/h2-6,9-12,16-17,24H,7-8,13-15H2,1H3,(H,25,28). The maximum atomic E-state index is 13.1. The number of para-hydroxylation sites is 2. The Morgan fingerprint density at radius 3 is 2.76 bits per heavy atom. The second kappa shape index (κ2) is 8.92. The number of carbonyl (C=O) groups excluding carboxylic acids is 1. The molecule has 2 heterocycles. The van der Waals surface area contributed by atoms with Gasteiger partial charge in [0, 0.05) is 18.3 Å². The van der Waals surface area contributed by atoms with Crippen molar-refractivity contribution in [1.82, 2.24) is 20.4 Å². The Labute approximate surface area is 170 Å². The SMILES string of the molecule is COc1ccccc1-c1nn(-c2ccccc2)cc1C(=O)NCC1CCCNC1. The fourth-order valence-corrected chi connectivity index (χ4v) is 3.72. The average molecular weight is 390 g/mol. The third-order valence-electron chi connectivity index (χ3n) is 5.29. The number of piperidine rings is 1. The van der Waals surface area contributed by atoms with Crippen LogP contribution in [0.15, 0.2) is 60.8 Å². The molecule has 0 saturated carbocycles. The first kappa shape index (κ1) is 19.2. The van der Waals surface area contributed by atoms with Crippen LogP contribution in [0.3, 0.4) is 0 Å². The van der Waals surface area contributed by atoms with Crippen LogP contribution in [-0.4, -0.2) is 42.4 Å². The first-order valence-corrected chi connectivity index (χ1v) is 10.0. The molecule has 2 N–H and O–H groups in total. The minimum Gasteiger partial charge on any atom is -0.496 e. The van der Waals surface area contributed by atoms with Gasteiger partial charge in [-0.05, 0) is 56.1 Å². The van der Waals surface area contributed by atoms with Crippen molar-refractivity contribution in [1.29, 1.82) is 0 Å². The van der Waals surface area contributed by atoms with Gasteiger partial charge in [-0.25, -0.2) is 4.68 Å². The van der Waals surface area contributed by atoms with Crippen molar-refractivity contribution in [2.45, 2.75) is 12.8 Å². The van der Waals surface area contributed by atoms with Gasteiger partial charge >= 0.3 is 0 Å². The highest BCUT2D eigenvalue weighted by atomic mass is 16.5. The summed E-state index contributed by atoms with van der Waals surface area (Å²) in [4.78, 5) is 13.1. The molecule has 29 heavy (non-hydrogen) atoms. The second-order valence-electron chi connectivity index (χ2n) is 7.29. The van der Waals surface area contributed by atoms with E-state index in [1.165, 1.54) is 0 Å². The van der Waals surface area contributed by atoms with Crippen LogP contribution in [0, 0.1) is 5.92 Å². The summed E-state index contributed by atoms with van der Waals surface area (Å²) in [5.41, 5.74) is 2.86. The van der Waals surface area contributed by atoms with Crippen molar-refractivity contribution in [3.63, 3.8) is 0 Å². The zero-order valence-corrected chi connectivity index (χ0v) is 16.6. The van der Waals surface area contributed by atoms with Crippen LogP contribution in [0.5, 0.6) is 5.75 Å². The molecule has 150 valence electrons. The number of nitrogens with zero attached hydrogens (tertiary/aromatic N) is 2. The molecule has 4 rings (SSSR count). The first-order chi connectivity index (χ1) is 14.3. The number of aromatic nitrogens is 2. The molecular formula is C23H26N4O2. The Morgan fingerprint density at radius 1 is 1.21 bits per heavy atom. The van der Waals surface area contributed by atoms with Crippen LogP contribution in [-0.2, 0) is 0 Å². The lowest BCUT2D eigenvalue weighted by molar-refractivity contribution is 0.0945. The van der Waals surface area contributed by atoms with Gasteiger partial charge in [-0.15, -0.1) is 0 Å². The third kappa shape index (κ3) is 4.32. The van der Waals surface area contributed by atoms with E-state index in [-0.39, 0.29) is 5.91 Å². The lowest BCUT2D eigenvalue weighted by Crippen LogP contribution is -2.38. The van der Waals surface area contributed by atoms with Crippen LogP contribution >= 0.6 is 0 Å². The van der Waals surface area contributed by atoms with Gasteiger partial charge in [-0.2, -0.15) is 5.10 Å². The van der Waals surface area contributed by atoms with Crippen LogP contribution in [0.1, 0.15) is 23.2 Å². The van der Waals surface area contributed by atoms with E-state index >= 15 is 0 Å². The van der Waals surface area contributed by atoms with Gasteiger partial charge in [0.1, 0.15) is 11.4 Å². The van der Waals surface area contributed by atoms with Crippen molar-refractivity contribution in [3.05, 3.63) is 66.4 Å². The molecular weight excluding hydrogens is 364 g/mol. The van der Waals surface area contributed by atoms with Crippen molar-refractivity contribution < 1.29 is 9.53 Å². The predicted molar refractivity (Wildman–Crippen MR) is 113 cm³/mol. The number of carbonyl (C=O) groups is 1. The summed E-state index contributed by atoms with van der Waals surface area (Å²) < 4.78 is 7.26. The number of benzene rings is 2. The van der Waals surface area contributed by atoms with Crippen molar-refractivity contribution >= 4 is 5.91 Å². The summed E-state index contributed by atoms with van der Waals surface area (Å²) in [6.45, 7) is 2.67. The Balaban J connectivity index is 1.67. The Bertz CT molecular complexity index is 962. The number of hydrogen-bond donors (Lipinski definition) is 2. The van der Waals surface area contributed by atoms with Gasteiger partial charge in [-0.1, -0.05) is 30.3 Å². The van der Waals surface area contributed by atoms with Crippen LogP contribution in [0.25, 0.3) is 16.9 Å². The minimum absolute atomic E-state index is 0.112. The molecule has 0 bridgehead atoms. The molecule has 1 aliphatic rings. The van der Waals surface area contributed by atoms with Gasteiger partial charge in [0.2, 0.25) is 0 Å². The van der Waals surface area contributed by atoms with E-state index in [9.17, 15) is 4.79 Å². The maximum absolute atomic E-state index is 13.1. The van der Waals surface area contributed by atoms with Gasteiger partial charge in [0.05, 0.1) is 18.4 Å². The molecule has 1 atom stereocenters. The highest BCUT2D eigenvalue weighted by Gasteiger charge is 2.22. The molecule has 0 radical (unpaired) electrons. The zero-order valence-electron chi connectivity index (χ0n) is 16.6. The van der Waals surface area contributed by atoms with Crippen LogP contribution < -0.4 is 15.4 Å². The molecule has 2 aromatic carbocycles. The number of methoxy groups -OCH3 is 1. The lowest BCUT2D eigenvalue weighted by atomic mass is 9.99. The van der Waals surface area contributed by atoms with E-state index in [0.717, 1.165) is 37.2 Å². The number of ether oxygens (including phenoxy) is 1.